The van der Waals surface area contributed by atoms with Crippen molar-refractivity contribution < 1.29 is 42.4 Å². The van der Waals surface area contributed by atoms with Crippen molar-refractivity contribution in [2.45, 2.75) is 71.4 Å². The van der Waals surface area contributed by atoms with Gasteiger partial charge in [0.25, 0.3) is 5.91 Å². The fourth-order valence-corrected chi connectivity index (χ4v) is 3.45. The van der Waals surface area contributed by atoms with Gasteiger partial charge in [0, 0.05) is 25.0 Å². The zero-order chi connectivity index (χ0) is 18.2. The number of carboxylic acid groups (broad SMARTS) is 1. The van der Waals surface area contributed by atoms with Gasteiger partial charge in [-0.25, -0.2) is 4.39 Å². The van der Waals surface area contributed by atoms with Gasteiger partial charge in [0.15, 0.2) is 14.5 Å². The van der Waals surface area contributed by atoms with Gasteiger partial charge in [0.1, 0.15) is 0 Å². The number of amides is 1. The predicted molar refractivity (Wildman–Crippen MR) is 87.0 cm³/mol. The molecule has 1 fully saturated rings. The molecule has 1 aliphatic rings. The summed E-state index contributed by atoms with van der Waals surface area (Å²) < 4.78 is 19.7. The third kappa shape index (κ3) is 5.58. The Kier molecular flexibility index (Phi) is 7.78. The van der Waals surface area contributed by atoms with Crippen LogP contribution in [0.25, 0.3) is 0 Å². The first-order valence-electron chi connectivity index (χ1n) is 7.97. The number of halogens is 1. The Labute approximate surface area is 157 Å². The average molecular weight is 353 g/mol. The summed E-state index contributed by atoms with van der Waals surface area (Å²) in [6.07, 6.45) is -2.09. The number of rotatable bonds is 6. The molecule has 0 aromatic carbocycles. The van der Waals surface area contributed by atoms with E-state index in [0.717, 1.165) is 4.90 Å². The number of alkyl halides is 1. The van der Waals surface area contributed by atoms with Crippen molar-refractivity contribution in [3.05, 3.63) is 0 Å². The van der Waals surface area contributed by atoms with E-state index in [9.17, 15) is 19.1 Å². The van der Waals surface area contributed by atoms with Gasteiger partial charge in [0.05, 0.1) is 12.0 Å². The summed E-state index contributed by atoms with van der Waals surface area (Å²) in [5, 5.41) is 11.2. The van der Waals surface area contributed by atoms with Gasteiger partial charge in [-0.05, 0) is 18.1 Å². The number of likely N-dealkylation sites (tertiary alicyclic amines) is 1. The van der Waals surface area contributed by atoms with Gasteiger partial charge in [-0.2, -0.15) is 0 Å². The Morgan fingerprint density at radius 3 is 2.25 bits per heavy atom. The molecular weight excluding hydrogens is 324 g/mol. The molecule has 0 radical (unpaired) electrons. The molecular formula is C16H29FLiNO4Si. The van der Waals surface area contributed by atoms with Crippen LogP contribution >= 0.6 is 0 Å². The summed E-state index contributed by atoms with van der Waals surface area (Å²) in [5.41, 5.74) is -0.469. The molecule has 24 heavy (non-hydrogen) atoms. The van der Waals surface area contributed by atoms with Crippen LogP contribution in [0.1, 0.15) is 41.0 Å². The number of hydrogen-bond donors (Lipinski definition) is 0. The number of carbonyl (C=O) groups excluding carboxylic acids is 2. The topological polar surface area (TPSA) is 69.7 Å². The van der Waals surface area contributed by atoms with Gasteiger partial charge in [-0.15, -0.1) is 0 Å². The second kappa shape index (κ2) is 7.90. The van der Waals surface area contributed by atoms with Crippen molar-refractivity contribution in [3.8, 4) is 0 Å². The Hall–Kier alpha value is -0.356. The van der Waals surface area contributed by atoms with Crippen LogP contribution in [0.3, 0.4) is 0 Å². The number of hydrogen-bond acceptors (Lipinski definition) is 4. The minimum atomic E-state index is -1.95. The number of nitrogens with zero attached hydrogens (tertiary/aromatic N) is 1. The minimum absolute atomic E-state index is 0. The summed E-state index contributed by atoms with van der Waals surface area (Å²) in [6, 6.07) is -1.19. The average Bonchev–Trinajstić information content (AvgIpc) is 2.63. The van der Waals surface area contributed by atoms with E-state index < -0.39 is 37.8 Å². The fourth-order valence-electron chi connectivity index (χ4n) is 2.27. The monoisotopic (exact) mass is 353 g/mol. The molecule has 134 valence electrons. The summed E-state index contributed by atoms with van der Waals surface area (Å²) in [4.78, 5) is 24.1. The minimum Gasteiger partial charge on any atom is -0.548 e. The maximum Gasteiger partial charge on any atom is 1.00 e. The Bertz CT molecular complexity index is 479. The van der Waals surface area contributed by atoms with Crippen LogP contribution in [0.15, 0.2) is 0 Å². The van der Waals surface area contributed by atoms with E-state index in [4.69, 9.17) is 4.43 Å². The van der Waals surface area contributed by atoms with Crippen LogP contribution in [-0.2, 0) is 14.0 Å². The van der Waals surface area contributed by atoms with Crippen LogP contribution in [-0.4, -0.2) is 50.5 Å². The van der Waals surface area contributed by atoms with E-state index in [1.165, 1.54) is 0 Å². The van der Waals surface area contributed by atoms with E-state index in [2.05, 4.69) is 33.9 Å². The summed E-state index contributed by atoms with van der Waals surface area (Å²) in [7, 11) is -1.95. The van der Waals surface area contributed by atoms with Crippen molar-refractivity contribution in [1.82, 2.24) is 4.90 Å². The van der Waals surface area contributed by atoms with Crippen LogP contribution < -0.4 is 24.0 Å². The van der Waals surface area contributed by atoms with Crippen LogP contribution in [0.4, 0.5) is 4.39 Å². The normalized spacial score (nSPS) is 22.5. The van der Waals surface area contributed by atoms with E-state index in [1.807, 2.05) is 13.8 Å². The van der Waals surface area contributed by atoms with Crippen molar-refractivity contribution >= 4 is 20.2 Å². The van der Waals surface area contributed by atoms with Crippen molar-refractivity contribution in [3.63, 3.8) is 0 Å². The molecule has 8 heteroatoms. The maximum atomic E-state index is 13.6. The molecule has 1 amide bonds. The smallest absolute Gasteiger partial charge is 0.548 e. The number of carbonyl (C=O) groups is 2. The zero-order valence-corrected chi connectivity index (χ0v) is 17.2. The Morgan fingerprint density at radius 1 is 1.33 bits per heavy atom. The molecule has 1 rings (SSSR count). The fraction of sp³-hybridized carbons (Fsp3) is 0.875. The van der Waals surface area contributed by atoms with Gasteiger partial charge >= 0.3 is 18.9 Å². The maximum absolute atomic E-state index is 13.6. The molecule has 1 saturated heterocycles. The van der Waals surface area contributed by atoms with Gasteiger partial charge in [-0.3, -0.25) is 4.79 Å². The largest absolute Gasteiger partial charge is 1.00 e. The number of carboxylic acids is 1. The van der Waals surface area contributed by atoms with Gasteiger partial charge < -0.3 is 19.2 Å². The summed E-state index contributed by atoms with van der Waals surface area (Å²) in [5.74, 6) is -2.17. The van der Waals surface area contributed by atoms with Crippen molar-refractivity contribution in [1.29, 1.82) is 0 Å². The molecule has 0 bridgehead atoms. The quantitative estimate of drug-likeness (QED) is 0.558. The van der Waals surface area contributed by atoms with Crippen LogP contribution in [0.2, 0.25) is 18.1 Å². The first-order valence-corrected chi connectivity index (χ1v) is 10.9. The molecule has 0 unspecified atom stereocenters. The van der Waals surface area contributed by atoms with Crippen LogP contribution in [0, 0.1) is 5.41 Å². The van der Waals surface area contributed by atoms with Crippen molar-refractivity contribution in [2.24, 2.45) is 5.41 Å². The molecule has 5 nitrogen and oxygen atoms in total. The molecule has 1 heterocycles. The predicted octanol–water partition coefficient (Wildman–Crippen LogP) is -1.27. The van der Waals surface area contributed by atoms with E-state index in [0.29, 0.717) is 6.61 Å². The summed E-state index contributed by atoms with van der Waals surface area (Å²) >= 11 is 0. The third-order valence-electron chi connectivity index (χ3n) is 4.86. The number of aliphatic carboxylic acids is 1. The van der Waals surface area contributed by atoms with E-state index in [-0.39, 0.29) is 36.9 Å². The molecule has 0 aromatic heterocycles. The van der Waals surface area contributed by atoms with Crippen LogP contribution in [0.5, 0.6) is 0 Å². The molecule has 0 spiro atoms. The first kappa shape index (κ1) is 23.6. The summed E-state index contributed by atoms with van der Waals surface area (Å²) in [6.45, 7) is 15.0. The second-order valence-electron chi connectivity index (χ2n) is 8.72. The standard InChI is InChI=1S/C16H30FNO4Si.Li/c1-15(2,3)23(6,7)22-10-16(4,5)9-18-12(14(20)21)8-11(17)13(18)19;/h11-12H,8-10H2,1-7H3,(H,20,21);/q;+1/p-1/t11-,12+;/m1./s1. The first-order chi connectivity index (χ1) is 10.2. The molecule has 0 aliphatic carbocycles. The van der Waals surface area contributed by atoms with Crippen molar-refractivity contribution in [2.75, 3.05) is 13.2 Å². The third-order valence-corrected chi connectivity index (χ3v) is 9.34. The van der Waals surface area contributed by atoms with E-state index >= 15 is 0 Å². The Morgan fingerprint density at radius 2 is 1.83 bits per heavy atom. The van der Waals surface area contributed by atoms with Gasteiger partial charge in [-0.1, -0.05) is 34.6 Å². The second-order valence-corrected chi connectivity index (χ2v) is 13.5. The molecule has 2 atom stereocenters. The molecule has 1 aliphatic heterocycles. The van der Waals surface area contributed by atoms with E-state index in [1.54, 1.807) is 0 Å². The van der Waals surface area contributed by atoms with Gasteiger partial charge in [0.2, 0.25) is 0 Å². The Balaban J connectivity index is 0.00000529. The molecule has 0 saturated carbocycles. The zero-order valence-electron chi connectivity index (χ0n) is 16.2. The molecule has 0 N–H and O–H groups in total. The SMILES string of the molecule is CC(C)(CO[Si](C)(C)C(C)(C)C)CN1C(=O)[C@H](F)C[C@H]1C(=O)[O-].[Li+]. The molecule has 0 aromatic rings.